The van der Waals surface area contributed by atoms with Crippen LogP contribution < -0.4 is 9.62 Å². The Bertz CT molecular complexity index is 944. The molecule has 0 saturated heterocycles. The quantitative estimate of drug-likeness (QED) is 0.657. The Balaban J connectivity index is 2.04. The molecular formula is C21H27ClN2O3S. The maximum atomic E-state index is 12.6. The van der Waals surface area contributed by atoms with Crippen molar-refractivity contribution in [1.82, 2.24) is 5.32 Å². The van der Waals surface area contributed by atoms with E-state index in [2.05, 4.69) is 17.4 Å². The molecule has 152 valence electrons. The third-order valence-corrected chi connectivity index (χ3v) is 5.98. The fourth-order valence-corrected chi connectivity index (χ4v) is 4.51. The van der Waals surface area contributed by atoms with Crippen LogP contribution in [0.4, 0.5) is 5.69 Å². The first-order valence-corrected chi connectivity index (χ1v) is 11.4. The minimum absolute atomic E-state index is 0.339. The van der Waals surface area contributed by atoms with Crippen LogP contribution in [0.5, 0.6) is 0 Å². The number of carbonyl (C=O) groups excluding carboxylic acids is 1. The van der Waals surface area contributed by atoms with E-state index in [0.717, 1.165) is 29.0 Å². The van der Waals surface area contributed by atoms with Crippen molar-refractivity contribution in [2.24, 2.45) is 0 Å². The zero-order chi connectivity index (χ0) is 20.9. The minimum atomic E-state index is -3.67. The Hall–Kier alpha value is -2.05. The largest absolute Gasteiger partial charge is 0.354 e. The molecular weight excluding hydrogens is 396 g/mol. The van der Waals surface area contributed by atoms with Crippen molar-refractivity contribution in [2.45, 2.75) is 39.7 Å². The summed E-state index contributed by atoms with van der Waals surface area (Å²) in [6, 6.07) is 12.4. The number of anilines is 1. The molecule has 0 radical (unpaired) electrons. The summed E-state index contributed by atoms with van der Waals surface area (Å²) in [5.74, 6) is -0.339. The normalized spacial score (nSPS) is 12.5. The van der Waals surface area contributed by atoms with E-state index >= 15 is 0 Å². The van der Waals surface area contributed by atoms with Gasteiger partial charge in [-0.3, -0.25) is 9.10 Å². The lowest BCUT2D eigenvalue weighted by atomic mass is 10.1. The molecule has 1 N–H and O–H groups in total. The van der Waals surface area contributed by atoms with Crippen molar-refractivity contribution in [3.05, 3.63) is 64.2 Å². The van der Waals surface area contributed by atoms with E-state index in [9.17, 15) is 13.2 Å². The molecule has 0 spiro atoms. The molecule has 5 nitrogen and oxygen atoms in total. The fourth-order valence-electron chi connectivity index (χ4n) is 3.12. The first kappa shape index (κ1) is 22.2. The van der Waals surface area contributed by atoms with Gasteiger partial charge in [-0.1, -0.05) is 47.5 Å². The van der Waals surface area contributed by atoms with Crippen molar-refractivity contribution in [1.29, 1.82) is 0 Å². The molecule has 7 heteroatoms. The number of amides is 1. The van der Waals surface area contributed by atoms with Crippen molar-refractivity contribution >= 4 is 33.2 Å². The molecule has 0 aliphatic heterocycles. The van der Waals surface area contributed by atoms with Gasteiger partial charge in [-0.25, -0.2) is 8.42 Å². The summed E-state index contributed by atoms with van der Waals surface area (Å²) >= 11 is 6.04. The summed E-state index contributed by atoms with van der Waals surface area (Å²) in [5, 5.41) is 3.26. The van der Waals surface area contributed by atoms with Gasteiger partial charge >= 0.3 is 0 Å². The summed E-state index contributed by atoms with van der Waals surface area (Å²) in [6.07, 6.45) is 2.71. The number of nitrogens with one attached hydrogen (secondary N) is 1. The number of halogens is 1. The van der Waals surface area contributed by atoms with Gasteiger partial charge in [0.15, 0.2) is 0 Å². The van der Waals surface area contributed by atoms with Gasteiger partial charge in [-0.15, -0.1) is 0 Å². The van der Waals surface area contributed by atoms with Crippen LogP contribution in [-0.4, -0.2) is 33.2 Å². The molecule has 28 heavy (non-hydrogen) atoms. The van der Waals surface area contributed by atoms with E-state index in [-0.39, 0.29) is 5.91 Å². The van der Waals surface area contributed by atoms with Crippen molar-refractivity contribution in [2.75, 3.05) is 17.1 Å². The number of sulfonamides is 1. The Morgan fingerprint density at radius 1 is 1.18 bits per heavy atom. The maximum Gasteiger partial charge on any atom is 0.243 e. The molecule has 1 atom stereocenters. The van der Waals surface area contributed by atoms with Gasteiger partial charge in [0.1, 0.15) is 6.04 Å². The highest BCUT2D eigenvalue weighted by atomic mass is 35.5. The maximum absolute atomic E-state index is 12.6. The highest BCUT2D eigenvalue weighted by molar-refractivity contribution is 7.92. The van der Waals surface area contributed by atoms with E-state index in [0.29, 0.717) is 17.3 Å². The molecule has 1 amide bonds. The van der Waals surface area contributed by atoms with Gasteiger partial charge in [-0.05, 0) is 56.9 Å². The van der Waals surface area contributed by atoms with Crippen LogP contribution in [0.1, 0.15) is 30.0 Å². The standard InChI is InChI=1S/C21H27ClN2O3S/c1-15-7-5-8-18(13-15)9-6-12-23-21(25)17(3)24(28(4,26)27)20-14-19(22)11-10-16(20)2/h5,7-8,10-11,13-14,17H,6,9,12H2,1-4H3,(H,23,25). The second-order valence-electron chi connectivity index (χ2n) is 7.05. The van der Waals surface area contributed by atoms with E-state index in [1.807, 2.05) is 19.1 Å². The van der Waals surface area contributed by atoms with Gasteiger partial charge in [0.05, 0.1) is 11.9 Å². The Labute approximate surface area is 172 Å². The van der Waals surface area contributed by atoms with Crippen molar-refractivity contribution < 1.29 is 13.2 Å². The number of hydrogen-bond donors (Lipinski definition) is 1. The number of aryl methyl sites for hydroxylation is 3. The molecule has 0 bridgehead atoms. The van der Waals surface area contributed by atoms with Crippen LogP contribution in [0.25, 0.3) is 0 Å². The molecule has 0 fully saturated rings. The zero-order valence-electron chi connectivity index (χ0n) is 16.7. The summed E-state index contributed by atoms with van der Waals surface area (Å²) in [6.45, 7) is 5.89. The topological polar surface area (TPSA) is 66.5 Å². The first-order valence-electron chi connectivity index (χ1n) is 9.18. The number of carbonyl (C=O) groups is 1. The lowest BCUT2D eigenvalue weighted by Crippen LogP contribution is -2.48. The van der Waals surface area contributed by atoms with E-state index in [4.69, 9.17) is 11.6 Å². The molecule has 2 aromatic carbocycles. The molecule has 0 aliphatic carbocycles. The third kappa shape index (κ3) is 5.97. The highest BCUT2D eigenvalue weighted by Gasteiger charge is 2.30. The van der Waals surface area contributed by atoms with Crippen LogP contribution in [0.15, 0.2) is 42.5 Å². The molecule has 2 aromatic rings. The molecule has 0 saturated carbocycles. The van der Waals surface area contributed by atoms with Crippen molar-refractivity contribution in [3.63, 3.8) is 0 Å². The minimum Gasteiger partial charge on any atom is -0.354 e. The average Bonchev–Trinajstić information content (AvgIpc) is 2.60. The monoisotopic (exact) mass is 422 g/mol. The number of nitrogens with zero attached hydrogens (tertiary/aromatic N) is 1. The first-order chi connectivity index (χ1) is 13.1. The number of benzene rings is 2. The van der Waals surface area contributed by atoms with Crippen LogP contribution >= 0.6 is 11.6 Å². The summed E-state index contributed by atoms with van der Waals surface area (Å²) in [4.78, 5) is 12.6. The summed E-state index contributed by atoms with van der Waals surface area (Å²) in [5.41, 5.74) is 3.57. The molecule has 2 rings (SSSR count). The van der Waals surface area contributed by atoms with E-state index in [1.54, 1.807) is 32.0 Å². The van der Waals surface area contributed by atoms with Crippen LogP contribution in [-0.2, 0) is 21.2 Å². The second-order valence-corrected chi connectivity index (χ2v) is 9.35. The second kappa shape index (κ2) is 9.43. The SMILES string of the molecule is Cc1cccc(CCCNC(=O)C(C)N(c2cc(Cl)ccc2C)S(C)(=O)=O)c1. The Morgan fingerprint density at radius 2 is 1.89 bits per heavy atom. The van der Waals surface area contributed by atoms with Crippen LogP contribution in [0.2, 0.25) is 5.02 Å². The predicted molar refractivity (Wildman–Crippen MR) is 115 cm³/mol. The van der Waals surface area contributed by atoms with Gasteiger partial charge < -0.3 is 5.32 Å². The lowest BCUT2D eigenvalue weighted by Gasteiger charge is -2.29. The molecule has 0 aliphatic rings. The number of rotatable bonds is 8. The lowest BCUT2D eigenvalue weighted by molar-refractivity contribution is -0.121. The molecule has 0 aromatic heterocycles. The van der Waals surface area contributed by atoms with Crippen molar-refractivity contribution in [3.8, 4) is 0 Å². The van der Waals surface area contributed by atoms with Gasteiger partial charge in [-0.2, -0.15) is 0 Å². The third-order valence-electron chi connectivity index (χ3n) is 4.52. The Morgan fingerprint density at radius 3 is 2.54 bits per heavy atom. The highest BCUT2D eigenvalue weighted by Crippen LogP contribution is 2.28. The van der Waals surface area contributed by atoms with Crippen LogP contribution in [0.3, 0.4) is 0 Å². The predicted octanol–water partition coefficient (Wildman–Crippen LogP) is 3.86. The average molecular weight is 423 g/mol. The molecule has 1 unspecified atom stereocenters. The van der Waals surface area contributed by atoms with Gasteiger partial charge in [0.2, 0.25) is 15.9 Å². The van der Waals surface area contributed by atoms with Gasteiger partial charge in [0, 0.05) is 11.6 Å². The van der Waals surface area contributed by atoms with Crippen LogP contribution in [0, 0.1) is 13.8 Å². The van der Waals surface area contributed by atoms with E-state index < -0.39 is 16.1 Å². The summed E-state index contributed by atoms with van der Waals surface area (Å²) < 4.78 is 25.9. The zero-order valence-corrected chi connectivity index (χ0v) is 18.3. The molecule has 0 heterocycles. The number of hydrogen-bond acceptors (Lipinski definition) is 3. The smallest absolute Gasteiger partial charge is 0.243 e. The fraction of sp³-hybridized carbons (Fsp3) is 0.381. The summed E-state index contributed by atoms with van der Waals surface area (Å²) in [7, 11) is -3.67. The Kier molecular flexibility index (Phi) is 7.49. The van der Waals surface area contributed by atoms with E-state index in [1.165, 1.54) is 11.1 Å². The van der Waals surface area contributed by atoms with Gasteiger partial charge in [0.25, 0.3) is 0 Å².